The summed E-state index contributed by atoms with van der Waals surface area (Å²) in [5.41, 5.74) is 1.50. The number of nitrogens with zero attached hydrogens (tertiary/aromatic N) is 3. The molecule has 1 amide bonds. The Balaban J connectivity index is 1.87. The molecule has 2 heterocycles. The lowest BCUT2D eigenvalue weighted by molar-refractivity contribution is 0.0232. The number of fused-ring (bicyclic) bond motifs is 1. The molecule has 0 aromatic carbocycles. The van der Waals surface area contributed by atoms with Gasteiger partial charge in [0.05, 0.1) is 30.8 Å². The van der Waals surface area contributed by atoms with Gasteiger partial charge in [0.2, 0.25) is 0 Å². The smallest absolute Gasteiger partial charge is 0.410 e. The topological polar surface area (TPSA) is 56.6 Å². The van der Waals surface area contributed by atoms with E-state index in [0.29, 0.717) is 19.8 Å². The van der Waals surface area contributed by atoms with Gasteiger partial charge in [-0.25, -0.2) is 9.78 Å². The molecule has 0 bridgehead atoms. The Morgan fingerprint density at radius 1 is 1.30 bits per heavy atom. The van der Waals surface area contributed by atoms with Crippen molar-refractivity contribution in [2.45, 2.75) is 71.9 Å². The van der Waals surface area contributed by atoms with E-state index in [9.17, 15) is 4.79 Å². The third-order valence-electron chi connectivity index (χ3n) is 3.59. The highest BCUT2D eigenvalue weighted by molar-refractivity contribution is 6.76. The van der Waals surface area contributed by atoms with Crippen LogP contribution >= 0.6 is 0 Å². The van der Waals surface area contributed by atoms with Crippen molar-refractivity contribution in [2.24, 2.45) is 0 Å². The van der Waals surface area contributed by atoms with Crippen LogP contribution in [-0.2, 0) is 29.3 Å². The molecule has 1 aromatic rings. The van der Waals surface area contributed by atoms with Gasteiger partial charge in [0.15, 0.2) is 0 Å². The molecule has 0 N–H and O–H groups in total. The third kappa shape index (κ3) is 5.35. The number of hydrogen-bond donors (Lipinski definition) is 0. The lowest BCUT2D eigenvalue weighted by atomic mass is 10.2. The van der Waals surface area contributed by atoms with Crippen LogP contribution in [0.5, 0.6) is 0 Å². The lowest BCUT2D eigenvalue weighted by Gasteiger charge is -2.24. The summed E-state index contributed by atoms with van der Waals surface area (Å²) in [6.07, 6.45) is 1.51. The van der Waals surface area contributed by atoms with E-state index >= 15 is 0 Å². The molecule has 130 valence electrons. The fourth-order valence-corrected chi connectivity index (χ4v) is 3.05. The molecule has 2 rings (SSSR count). The molecule has 0 radical (unpaired) electrons. The summed E-state index contributed by atoms with van der Waals surface area (Å²) in [5.74, 6) is 0. The molecule has 0 saturated carbocycles. The van der Waals surface area contributed by atoms with Gasteiger partial charge < -0.3 is 14.0 Å². The van der Waals surface area contributed by atoms with Crippen LogP contribution < -0.4 is 0 Å². The van der Waals surface area contributed by atoms with Crippen molar-refractivity contribution in [1.29, 1.82) is 0 Å². The first-order chi connectivity index (χ1) is 10.6. The molecule has 7 heteroatoms. The molecule has 1 aromatic heterocycles. The van der Waals surface area contributed by atoms with E-state index in [1.54, 1.807) is 11.2 Å². The number of amides is 1. The van der Waals surface area contributed by atoms with E-state index < -0.39 is 13.7 Å². The predicted octanol–water partition coefficient (Wildman–Crippen LogP) is 3.45. The first kappa shape index (κ1) is 18.0. The number of rotatable bonds is 5. The van der Waals surface area contributed by atoms with Crippen LogP contribution in [0, 0.1) is 0 Å². The van der Waals surface area contributed by atoms with Crippen molar-refractivity contribution in [3.8, 4) is 0 Å². The first-order valence-electron chi connectivity index (χ1n) is 8.14. The maximum atomic E-state index is 12.1. The Hall–Kier alpha value is -1.34. The zero-order valence-electron chi connectivity index (χ0n) is 15.2. The van der Waals surface area contributed by atoms with Gasteiger partial charge in [0, 0.05) is 14.7 Å². The van der Waals surface area contributed by atoms with E-state index in [-0.39, 0.29) is 6.09 Å². The summed E-state index contributed by atoms with van der Waals surface area (Å²) in [5, 5.41) is 0. The second kappa shape index (κ2) is 6.65. The Morgan fingerprint density at radius 3 is 2.61 bits per heavy atom. The summed E-state index contributed by atoms with van der Waals surface area (Å²) in [6, 6.07) is 1.15. The summed E-state index contributed by atoms with van der Waals surface area (Å²) in [7, 11) is -1.07. The van der Waals surface area contributed by atoms with Crippen LogP contribution in [0.4, 0.5) is 4.79 Å². The minimum Gasteiger partial charge on any atom is -0.444 e. The summed E-state index contributed by atoms with van der Waals surface area (Å²) < 4.78 is 13.2. The van der Waals surface area contributed by atoms with E-state index in [4.69, 9.17) is 9.47 Å². The maximum absolute atomic E-state index is 12.1. The molecule has 1 aliphatic rings. The zero-order valence-corrected chi connectivity index (χ0v) is 16.2. The first-order valence-corrected chi connectivity index (χ1v) is 11.8. The Kier molecular flexibility index (Phi) is 5.20. The summed E-state index contributed by atoms with van der Waals surface area (Å²) >= 11 is 0. The van der Waals surface area contributed by atoms with Gasteiger partial charge >= 0.3 is 6.09 Å². The van der Waals surface area contributed by atoms with Crippen LogP contribution in [0.25, 0.3) is 0 Å². The third-order valence-corrected chi connectivity index (χ3v) is 5.30. The fourth-order valence-electron chi connectivity index (χ4n) is 2.29. The van der Waals surface area contributed by atoms with Gasteiger partial charge in [-0.1, -0.05) is 19.6 Å². The van der Waals surface area contributed by atoms with Crippen molar-refractivity contribution in [3.05, 3.63) is 17.7 Å². The number of aromatic nitrogens is 2. The van der Waals surface area contributed by atoms with Crippen LogP contribution in [0.1, 0.15) is 32.2 Å². The molecule has 23 heavy (non-hydrogen) atoms. The van der Waals surface area contributed by atoms with E-state index in [1.165, 1.54) is 0 Å². The van der Waals surface area contributed by atoms with Gasteiger partial charge in [0.25, 0.3) is 0 Å². The number of ether oxygens (including phenoxy) is 2. The molecule has 0 unspecified atom stereocenters. The molecule has 1 aliphatic heterocycles. The highest BCUT2D eigenvalue weighted by Gasteiger charge is 2.30. The lowest BCUT2D eigenvalue weighted by Crippen LogP contribution is -2.33. The summed E-state index contributed by atoms with van der Waals surface area (Å²) in [4.78, 5) is 18.2. The highest BCUT2D eigenvalue weighted by Crippen LogP contribution is 2.24. The Morgan fingerprint density at radius 2 is 2.00 bits per heavy atom. The van der Waals surface area contributed by atoms with Gasteiger partial charge in [-0.2, -0.15) is 0 Å². The number of imidazole rings is 1. The predicted molar refractivity (Wildman–Crippen MR) is 91.8 cm³/mol. The largest absolute Gasteiger partial charge is 0.444 e. The van der Waals surface area contributed by atoms with Crippen LogP contribution in [-0.4, -0.2) is 40.8 Å². The monoisotopic (exact) mass is 339 g/mol. The van der Waals surface area contributed by atoms with Crippen molar-refractivity contribution in [3.63, 3.8) is 0 Å². The molecular weight excluding hydrogens is 310 g/mol. The van der Waals surface area contributed by atoms with Gasteiger partial charge in [-0.05, 0) is 26.8 Å². The molecule has 0 spiro atoms. The summed E-state index contributed by atoms with van der Waals surface area (Å²) in [6.45, 7) is 14.9. The van der Waals surface area contributed by atoms with Gasteiger partial charge in [-0.15, -0.1) is 0 Å². The normalized spacial score (nSPS) is 15.0. The Bertz CT molecular complexity index is 558. The maximum Gasteiger partial charge on any atom is 0.410 e. The van der Waals surface area contributed by atoms with Crippen molar-refractivity contribution in [2.75, 3.05) is 6.61 Å². The van der Waals surface area contributed by atoms with Crippen LogP contribution in [0.15, 0.2) is 6.33 Å². The molecule has 6 nitrogen and oxygen atoms in total. The molecule has 0 atom stereocenters. The van der Waals surface area contributed by atoms with Crippen LogP contribution in [0.2, 0.25) is 25.7 Å². The van der Waals surface area contributed by atoms with E-state index in [1.807, 2.05) is 25.3 Å². The molecule has 0 fully saturated rings. The SMILES string of the molecule is CC(C)(C)OC(=O)N1Cc2ncn(COCC[Si](C)(C)C)c2C1. The fraction of sp³-hybridized carbons (Fsp3) is 0.750. The van der Waals surface area contributed by atoms with Crippen molar-refractivity contribution < 1.29 is 14.3 Å². The average molecular weight is 340 g/mol. The van der Waals surface area contributed by atoms with Gasteiger partial charge in [-0.3, -0.25) is 4.90 Å². The van der Waals surface area contributed by atoms with Gasteiger partial charge in [0.1, 0.15) is 12.3 Å². The Labute approximate surface area is 139 Å². The zero-order chi connectivity index (χ0) is 17.3. The average Bonchev–Trinajstić information content (AvgIpc) is 2.92. The highest BCUT2D eigenvalue weighted by atomic mass is 28.3. The number of carbonyl (C=O) groups excluding carboxylic acids is 1. The minimum atomic E-state index is -1.07. The number of carbonyl (C=O) groups is 1. The van der Waals surface area contributed by atoms with E-state index in [0.717, 1.165) is 24.0 Å². The second-order valence-corrected chi connectivity index (χ2v) is 13.9. The van der Waals surface area contributed by atoms with Crippen molar-refractivity contribution in [1.82, 2.24) is 14.5 Å². The second-order valence-electron chi connectivity index (χ2n) is 8.29. The van der Waals surface area contributed by atoms with Crippen molar-refractivity contribution >= 4 is 14.2 Å². The standard InChI is InChI=1S/C16H29N3O3Si/c1-16(2,3)22-15(20)18-9-13-14(10-18)19(11-17-13)12-21-7-8-23(4,5)6/h11H,7-10,12H2,1-6H3. The molecule has 0 aliphatic carbocycles. The minimum absolute atomic E-state index is 0.290. The van der Waals surface area contributed by atoms with E-state index in [2.05, 4.69) is 24.6 Å². The molecule has 0 saturated heterocycles. The quantitative estimate of drug-likeness (QED) is 0.609. The number of hydrogen-bond acceptors (Lipinski definition) is 4. The van der Waals surface area contributed by atoms with Crippen LogP contribution in [0.3, 0.4) is 0 Å². The molecular formula is C16H29N3O3Si.